The molecule has 0 spiro atoms. The van der Waals surface area contributed by atoms with E-state index in [4.69, 9.17) is 40.3 Å². The quantitative estimate of drug-likeness (QED) is 0.221. The summed E-state index contributed by atoms with van der Waals surface area (Å²) in [6.45, 7) is 0.776. The van der Waals surface area contributed by atoms with Crippen LogP contribution in [0.4, 0.5) is 20.8 Å². The van der Waals surface area contributed by atoms with Gasteiger partial charge in [0, 0.05) is 41.2 Å². The summed E-state index contributed by atoms with van der Waals surface area (Å²) in [5.41, 5.74) is 1.55. The van der Waals surface area contributed by atoms with E-state index in [1.807, 2.05) is 29.2 Å². The molecule has 5 rings (SSSR count). The SMILES string of the molecule is COc1ccc(OC)c(CN(Cc2cc(OC)ccc2OC)c2nc(N3CCOC3=O)c(F)c3cc(Cl)ncc23)c1. The molecular formula is C29H28ClFN4O6. The minimum Gasteiger partial charge on any atom is -0.497 e. The molecule has 2 aromatic heterocycles. The lowest BCUT2D eigenvalue weighted by Gasteiger charge is -2.28. The topological polar surface area (TPSA) is 95.5 Å². The number of cyclic esters (lactones) is 1. The third kappa shape index (κ3) is 5.58. The predicted molar refractivity (Wildman–Crippen MR) is 152 cm³/mol. The first kappa shape index (κ1) is 28.0. The second-order valence-corrected chi connectivity index (χ2v) is 9.49. The number of hydrogen-bond acceptors (Lipinski definition) is 9. The molecule has 3 heterocycles. The number of pyridine rings is 2. The molecule has 41 heavy (non-hydrogen) atoms. The summed E-state index contributed by atoms with van der Waals surface area (Å²) in [6.07, 6.45) is 0.783. The van der Waals surface area contributed by atoms with Crippen LogP contribution in [0, 0.1) is 5.82 Å². The molecule has 10 nitrogen and oxygen atoms in total. The second-order valence-electron chi connectivity index (χ2n) is 9.10. The van der Waals surface area contributed by atoms with E-state index in [1.54, 1.807) is 40.6 Å². The van der Waals surface area contributed by atoms with Crippen LogP contribution >= 0.6 is 11.6 Å². The molecule has 1 saturated heterocycles. The third-order valence-electron chi connectivity index (χ3n) is 6.77. The number of amides is 1. The fourth-order valence-electron chi connectivity index (χ4n) is 4.75. The van der Waals surface area contributed by atoms with E-state index in [9.17, 15) is 4.79 Å². The van der Waals surface area contributed by atoms with Crippen molar-refractivity contribution in [3.63, 3.8) is 0 Å². The average molecular weight is 583 g/mol. The van der Waals surface area contributed by atoms with Crippen molar-refractivity contribution >= 4 is 40.1 Å². The summed E-state index contributed by atoms with van der Waals surface area (Å²) >= 11 is 6.19. The van der Waals surface area contributed by atoms with E-state index >= 15 is 4.39 Å². The molecule has 1 amide bonds. The van der Waals surface area contributed by atoms with Gasteiger partial charge in [-0.3, -0.25) is 4.90 Å². The van der Waals surface area contributed by atoms with Gasteiger partial charge in [0.25, 0.3) is 0 Å². The number of carbonyl (C=O) groups is 1. The number of methoxy groups -OCH3 is 4. The molecule has 0 unspecified atom stereocenters. The first-order valence-electron chi connectivity index (χ1n) is 12.6. The number of hydrogen-bond donors (Lipinski definition) is 0. The van der Waals surface area contributed by atoms with Crippen molar-refractivity contribution in [1.29, 1.82) is 0 Å². The molecule has 2 aromatic carbocycles. The third-order valence-corrected chi connectivity index (χ3v) is 6.98. The van der Waals surface area contributed by atoms with E-state index in [0.29, 0.717) is 34.2 Å². The van der Waals surface area contributed by atoms with Crippen LogP contribution < -0.4 is 28.7 Å². The fraction of sp³-hybridized carbons (Fsp3) is 0.276. The van der Waals surface area contributed by atoms with Crippen molar-refractivity contribution in [3.05, 3.63) is 70.8 Å². The number of anilines is 2. The van der Waals surface area contributed by atoms with Crippen molar-refractivity contribution in [2.75, 3.05) is 51.4 Å². The van der Waals surface area contributed by atoms with Gasteiger partial charge in [-0.25, -0.2) is 19.2 Å². The van der Waals surface area contributed by atoms with Gasteiger partial charge >= 0.3 is 6.09 Å². The Bertz CT molecular complexity index is 1550. The minimum atomic E-state index is -0.704. The van der Waals surface area contributed by atoms with Crippen LogP contribution in [0.25, 0.3) is 10.8 Å². The van der Waals surface area contributed by atoms with Crippen LogP contribution in [0.5, 0.6) is 23.0 Å². The Morgan fingerprint density at radius 1 is 0.927 bits per heavy atom. The van der Waals surface area contributed by atoms with Crippen LogP contribution in [0.2, 0.25) is 5.15 Å². The van der Waals surface area contributed by atoms with Crippen molar-refractivity contribution in [2.45, 2.75) is 13.1 Å². The molecule has 1 fully saturated rings. The van der Waals surface area contributed by atoms with Gasteiger partial charge in [-0.2, -0.15) is 0 Å². The molecule has 0 aliphatic carbocycles. The van der Waals surface area contributed by atoms with Crippen LogP contribution in [-0.4, -0.2) is 57.7 Å². The number of aromatic nitrogens is 2. The summed E-state index contributed by atoms with van der Waals surface area (Å²) in [4.78, 5) is 24.5. The second kappa shape index (κ2) is 11.9. The zero-order valence-electron chi connectivity index (χ0n) is 22.9. The van der Waals surface area contributed by atoms with E-state index in [1.165, 1.54) is 17.2 Å². The van der Waals surface area contributed by atoms with Crippen LogP contribution in [0.1, 0.15) is 11.1 Å². The maximum Gasteiger partial charge on any atom is 0.415 e. The van der Waals surface area contributed by atoms with Crippen LogP contribution in [0.15, 0.2) is 48.7 Å². The maximum absolute atomic E-state index is 15.9. The van der Waals surface area contributed by atoms with Gasteiger partial charge in [0.05, 0.1) is 35.0 Å². The van der Waals surface area contributed by atoms with Gasteiger partial charge in [-0.05, 0) is 42.5 Å². The molecule has 0 bridgehead atoms. The summed E-state index contributed by atoms with van der Waals surface area (Å²) in [5, 5.41) is 0.649. The Morgan fingerprint density at radius 2 is 1.54 bits per heavy atom. The Kier molecular flexibility index (Phi) is 8.16. The smallest absolute Gasteiger partial charge is 0.415 e. The van der Waals surface area contributed by atoms with Gasteiger partial charge < -0.3 is 28.6 Å². The van der Waals surface area contributed by atoms with E-state index < -0.39 is 11.9 Å². The molecular weight excluding hydrogens is 555 g/mol. The van der Waals surface area contributed by atoms with E-state index in [2.05, 4.69) is 4.98 Å². The number of nitrogens with zero attached hydrogens (tertiary/aromatic N) is 4. The van der Waals surface area contributed by atoms with Gasteiger partial charge in [0.2, 0.25) is 0 Å². The minimum absolute atomic E-state index is 0.0963. The normalized spacial score (nSPS) is 12.8. The Morgan fingerprint density at radius 3 is 2.05 bits per heavy atom. The largest absolute Gasteiger partial charge is 0.497 e. The molecule has 0 N–H and O–H groups in total. The van der Waals surface area contributed by atoms with Gasteiger partial charge in [-0.15, -0.1) is 0 Å². The first-order valence-corrected chi connectivity index (χ1v) is 13.0. The molecule has 214 valence electrons. The summed E-state index contributed by atoms with van der Waals surface area (Å²) in [5.74, 6) is 1.97. The molecule has 0 saturated carbocycles. The Balaban J connectivity index is 1.74. The van der Waals surface area contributed by atoms with Gasteiger partial charge in [-0.1, -0.05) is 11.6 Å². The zero-order valence-corrected chi connectivity index (χ0v) is 23.7. The van der Waals surface area contributed by atoms with Crippen molar-refractivity contribution in [3.8, 4) is 23.0 Å². The fourth-order valence-corrected chi connectivity index (χ4v) is 4.91. The lowest BCUT2D eigenvalue weighted by Crippen LogP contribution is -2.29. The maximum atomic E-state index is 15.9. The number of rotatable bonds is 10. The van der Waals surface area contributed by atoms with Crippen molar-refractivity contribution < 1.29 is 32.9 Å². The highest BCUT2D eigenvalue weighted by Crippen LogP contribution is 2.38. The Labute approximate surface area is 241 Å². The molecule has 1 aliphatic heterocycles. The molecule has 1 aliphatic rings. The summed E-state index contributed by atoms with van der Waals surface area (Å²) < 4.78 is 43.2. The number of fused-ring (bicyclic) bond motifs is 1. The van der Waals surface area contributed by atoms with E-state index in [0.717, 1.165) is 11.1 Å². The number of ether oxygens (including phenoxy) is 5. The summed E-state index contributed by atoms with van der Waals surface area (Å²) in [7, 11) is 6.32. The number of halogens is 2. The molecule has 0 atom stereocenters. The van der Waals surface area contributed by atoms with Gasteiger partial charge in [0.1, 0.15) is 40.6 Å². The lowest BCUT2D eigenvalue weighted by atomic mass is 10.1. The molecule has 4 aromatic rings. The van der Waals surface area contributed by atoms with Crippen LogP contribution in [0.3, 0.4) is 0 Å². The van der Waals surface area contributed by atoms with Crippen molar-refractivity contribution in [2.24, 2.45) is 0 Å². The first-order chi connectivity index (χ1) is 19.9. The van der Waals surface area contributed by atoms with Crippen molar-refractivity contribution in [1.82, 2.24) is 9.97 Å². The number of benzene rings is 2. The van der Waals surface area contributed by atoms with E-state index in [-0.39, 0.29) is 42.6 Å². The van der Waals surface area contributed by atoms with Gasteiger partial charge in [0.15, 0.2) is 11.6 Å². The number of carbonyl (C=O) groups excluding carboxylic acids is 1. The summed E-state index contributed by atoms with van der Waals surface area (Å²) in [6, 6.07) is 12.3. The molecule has 0 radical (unpaired) electrons. The highest BCUT2D eigenvalue weighted by molar-refractivity contribution is 6.30. The zero-order chi connectivity index (χ0) is 29.1. The lowest BCUT2D eigenvalue weighted by molar-refractivity contribution is 0.181. The highest BCUT2D eigenvalue weighted by atomic mass is 35.5. The average Bonchev–Trinajstić information content (AvgIpc) is 3.42. The monoisotopic (exact) mass is 582 g/mol. The standard InChI is InChI=1S/C29H28ClFN4O6/c1-37-19-5-7-23(39-3)17(11-19)15-34(16-18-12-20(38-2)6-8-24(18)40-4)27-22-14-32-25(30)13-21(22)26(31)28(33-27)35-9-10-41-29(35)36/h5-8,11-14H,9-10,15-16H2,1-4H3. The predicted octanol–water partition coefficient (Wildman–Crippen LogP) is 5.62. The van der Waals surface area contributed by atoms with Crippen LogP contribution in [-0.2, 0) is 17.8 Å². The Hall–Kier alpha value is -4.51. The highest BCUT2D eigenvalue weighted by Gasteiger charge is 2.31. The molecule has 12 heteroatoms.